The Balaban J connectivity index is 1.60. The fourth-order valence-corrected chi connectivity index (χ4v) is 3.75. The predicted molar refractivity (Wildman–Crippen MR) is 97.4 cm³/mol. The maximum atomic E-state index is 13.4. The molecular weight excluding hydrogens is 350 g/mol. The number of hydrogen-bond donors (Lipinski definition) is 0. The third-order valence-corrected chi connectivity index (χ3v) is 4.93. The van der Waals surface area contributed by atoms with E-state index in [1.165, 1.54) is 0 Å². The number of benzene rings is 1. The molecule has 1 fully saturated rings. The van der Waals surface area contributed by atoms with Crippen molar-refractivity contribution in [2.24, 2.45) is 0 Å². The summed E-state index contributed by atoms with van der Waals surface area (Å²) in [6.45, 7) is 3.92. The molecule has 0 N–H and O–H groups in total. The Kier molecular flexibility index (Phi) is 4.59. The second kappa shape index (κ2) is 7.06. The summed E-state index contributed by atoms with van der Waals surface area (Å²) in [6, 6.07) is 6.72. The molecule has 140 valence electrons. The van der Waals surface area contributed by atoms with Gasteiger partial charge in [0.1, 0.15) is 23.0 Å². The maximum Gasteiger partial charge on any atom is 0.254 e. The molecule has 1 aromatic carbocycles. The van der Waals surface area contributed by atoms with Gasteiger partial charge in [-0.2, -0.15) is 0 Å². The minimum absolute atomic E-state index is 0.0388. The smallest absolute Gasteiger partial charge is 0.254 e. The van der Waals surface area contributed by atoms with Crippen molar-refractivity contribution in [2.75, 3.05) is 13.1 Å². The molecule has 0 unspecified atom stereocenters. The van der Waals surface area contributed by atoms with Gasteiger partial charge in [-0.1, -0.05) is 6.92 Å². The van der Waals surface area contributed by atoms with Gasteiger partial charge in [0.15, 0.2) is 5.65 Å². The Morgan fingerprint density at radius 3 is 2.78 bits per heavy atom. The number of rotatable bonds is 4. The van der Waals surface area contributed by atoms with Crippen molar-refractivity contribution in [1.82, 2.24) is 19.4 Å². The van der Waals surface area contributed by atoms with Crippen LogP contribution < -0.4 is 0 Å². The Labute approximate surface area is 155 Å². The number of carbonyl (C=O) groups is 1. The van der Waals surface area contributed by atoms with E-state index in [4.69, 9.17) is 4.98 Å². The summed E-state index contributed by atoms with van der Waals surface area (Å²) in [4.78, 5) is 23.5. The van der Waals surface area contributed by atoms with Crippen molar-refractivity contribution in [2.45, 2.75) is 32.2 Å². The lowest BCUT2D eigenvalue weighted by molar-refractivity contribution is 0.0789. The number of nitrogens with zero attached hydrogens (tertiary/aromatic N) is 4. The second-order valence-electron chi connectivity index (χ2n) is 6.86. The van der Waals surface area contributed by atoms with Gasteiger partial charge in [-0.15, -0.1) is 0 Å². The molecule has 1 amide bonds. The molecule has 0 aliphatic carbocycles. The molecule has 7 heteroatoms. The fourth-order valence-electron chi connectivity index (χ4n) is 3.75. The number of aromatic nitrogens is 3. The van der Waals surface area contributed by atoms with Crippen LogP contribution >= 0.6 is 0 Å². The summed E-state index contributed by atoms with van der Waals surface area (Å²) in [7, 11) is 0. The minimum atomic E-state index is -0.745. The van der Waals surface area contributed by atoms with E-state index in [9.17, 15) is 13.6 Å². The van der Waals surface area contributed by atoms with Crippen molar-refractivity contribution in [3.8, 4) is 0 Å². The van der Waals surface area contributed by atoms with Gasteiger partial charge in [0.2, 0.25) is 0 Å². The Morgan fingerprint density at radius 1 is 1.26 bits per heavy atom. The molecule has 5 nitrogen and oxygen atoms in total. The molecule has 0 saturated carbocycles. The first-order chi connectivity index (χ1) is 13.1. The van der Waals surface area contributed by atoms with Crippen LogP contribution in [0.4, 0.5) is 8.78 Å². The minimum Gasteiger partial charge on any atom is -0.338 e. The molecule has 0 bridgehead atoms. The lowest BCUT2D eigenvalue weighted by Crippen LogP contribution is -2.29. The summed E-state index contributed by atoms with van der Waals surface area (Å²) in [5.41, 5.74) is 1.74. The predicted octanol–water partition coefficient (Wildman–Crippen LogP) is 3.75. The quantitative estimate of drug-likeness (QED) is 0.703. The summed E-state index contributed by atoms with van der Waals surface area (Å²) in [5, 5.41) is 0. The Hall–Kier alpha value is -2.83. The largest absolute Gasteiger partial charge is 0.338 e. The van der Waals surface area contributed by atoms with Crippen LogP contribution in [0.2, 0.25) is 0 Å². The highest BCUT2D eigenvalue weighted by molar-refractivity contribution is 5.94. The molecular formula is C20H20F2N4O. The third-order valence-electron chi connectivity index (χ3n) is 4.93. The molecule has 1 atom stereocenters. The number of likely N-dealkylation sites (tertiary alicyclic amines) is 1. The van der Waals surface area contributed by atoms with Crippen molar-refractivity contribution < 1.29 is 13.6 Å². The van der Waals surface area contributed by atoms with Gasteiger partial charge in [0, 0.05) is 43.4 Å². The topological polar surface area (TPSA) is 51.0 Å². The lowest BCUT2D eigenvalue weighted by Gasteiger charge is -2.17. The molecule has 2 aromatic heterocycles. The van der Waals surface area contributed by atoms with E-state index in [0.717, 1.165) is 54.6 Å². The van der Waals surface area contributed by atoms with Crippen molar-refractivity contribution in [3.63, 3.8) is 0 Å². The van der Waals surface area contributed by atoms with Crippen molar-refractivity contribution in [1.29, 1.82) is 0 Å². The Bertz CT molecular complexity index is 981. The van der Waals surface area contributed by atoms with Crippen molar-refractivity contribution in [3.05, 3.63) is 59.6 Å². The zero-order chi connectivity index (χ0) is 19.0. The fraction of sp³-hybridized carbons (Fsp3) is 0.350. The zero-order valence-electron chi connectivity index (χ0n) is 15.0. The molecule has 0 spiro atoms. The average molecular weight is 370 g/mol. The van der Waals surface area contributed by atoms with E-state index < -0.39 is 11.6 Å². The van der Waals surface area contributed by atoms with Gasteiger partial charge in [0.05, 0.1) is 0 Å². The summed E-state index contributed by atoms with van der Waals surface area (Å²) >= 11 is 0. The molecule has 3 heterocycles. The molecule has 1 aliphatic rings. The molecule has 27 heavy (non-hydrogen) atoms. The standard InChI is InChI=1S/C20H20F2N4O/c1-2-7-26-18(24-17-4-3-6-23-19(17)26)13-5-8-25(12-13)20(27)14-9-15(21)11-16(22)10-14/h3-4,6,9-11,13H,2,5,7-8,12H2,1H3/t13-/m0/s1. The SMILES string of the molecule is CCCn1c([C@H]2CCN(C(=O)c3cc(F)cc(F)c3)C2)nc2cccnc21. The van der Waals surface area contributed by atoms with Gasteiger partial charge in [-0.05, 0) is 37.1 Å². The molecule has 0 radical (unpaired) electrons. The number of amides is 1. The first-order valence-electron chi connectivity index (χ1n) is 9.13. The van der Waals surface area contributed by atoms with E-state index in [-0.39, 0.29) is 17.4 Å². The average Bonchev–Trinajstić information content (AvgIpc) is 3.26. The van der Waals surface area contributed by atoms with E-state index in [2.05, 4.69) is 16.5 Å². The van der Waals surface area contributed by atoms with Gasteiger partial charge in [-0.25, -0.2) is 18.7 Å². The van der Waals surface area contributed by atoms with E-state index >= 15 is 0 Å². The first kappa shape index (κ1) is 17.6. The van der Waals surface area contributed by atoms with E-state index in [0.29, 0.717) is 13.1 Å². The summed E-state index contributed by atoms with van der Waals surface area (Å²) < 4.78 is 29.0. The number of fused-ring (bicyclic) bond motifs is 1. The highest BCUT2D eigenvalue weighted by Crippen LogP contribution is 2.30. The number of aryl methyl sites for hydroxylation is 1. The van der Waals surface area contributed by atoms with Crippen LogP contribution in [0.25, 0.3) is 11.2 Å². The third kappa shape index (κ3) is 3.29. The monoisotopic (exact) mass is 370 g/mol. The van der Waals surface area contributed by atoms with Gasteiger partial charge < -0.3 is 9.47 Å². The number of pyridine rings is 1. The van der Waals surface area contributed by atoms with Crippen LogP contribution in [0.15, 0.2) is 36.5 Å². The van der Waals surface area contributed by atoms with Crippen LogP contribution in [0, 0.1) is 11.6 Å². The van der Waals surface area contributed by atoms with Gasteiger partial charge >= 0.3 is 0 Å². The van der Waals surface area contributed by atoms with Crippen molar-refractivity contribution >= 4 is 17.1 Å². The van der Waals surface area contributed by atoms with Crippen LogP contribution in [-0.4, -0.2) is 38.4 Å². The number of hydrogen-bond acceptors (Lipinski definition) is 3. The number of halogens is 2. The van der Waals surface area contributed by atoms with E-state index in [1.807, 2.05) is 12.1 Å². The second-order valence-corrected chi connectivity index (χ2v) is 6.86. The molecule has 1 saturated heterocycles. The molecule has 3 aromatic rings. The highest BCUT2D eigenvalue weighted by Gasteiger charge is 2.31. The van der Waals surface area contributed by atoms with Crippen LogP contribution in [0.3, 0.4) is 0 Å². The van der Waals surface area contributed by atoms with Crippen LogP contribution in [-0.2, 0) is 6.54 Å². The Morgan fingerprint density at radius 2 is 2.04 bits per heavy atom. The first-order valence-corrected chi connectivity index (χ1v) is 9.13. The maximum absolute atomic E-state index is 13.4. The summed E-state index contributed by atoms with van der Waals surface area (Å²) in [5.74, 6) is -0.846. The summed E-state index contributed by atoms with van der Waals surface area (Å²) in [6.07, 6.45) is 3.46. The molecule has 1 aliphatic heterocycles. The van der Waals surface area contributed by atoms with Gasteiger partial charge in [-0.3, -0.25) is 4.79 Å². The van der Waals surface area contributed by atoms with Gasteiger partial charge in [0.25, 0.3) is 5.91 Å². The number of imidazole rings is 1. The molecule has 4 rings (SSSR count). The highest BCUT2D eigenvalue weighted by atomic mass is 19.1. The van der Waals surface area contributed by atoms with E-state index in [1.54, 1.807) is 11.1 Å². The zero-order valence-corrected chi connectivity index (χ0v) is 15.0. The lowest BCUT2D eigenvalue weighted by atomic mass is 10.1. The normalized spacial score (nSPS) is 17.0. The van der Waals surface area contributed by atoms with Crippen LogP contribution in [0.1, 0.15) is 41.9 Å². The number of carbonyl (C=O) groups excluding carboxylic acids is 1. The van der Waals surface area contributed by atoms with Crippen LogP contribution in [0.5, 0.6) is 0 Å².